The van der Waals surface area contributed by atoms with Crippen molar-refractivity contribution in [2.75, 3.05) is 12.4 Å². The smallest absolute Gasteiger partial charge is 0.133 e. The Bertz CT molecular complexity index is 589. The van der Waals surface area contributed by atoms with Crippen molar-refractivity contribution >= 4 is 5.82 Å². The van der Waals surface area contributed by atoms with Crippen LogP contribution in [-0.2, 0) is 0 Å². The number of aryl methyl sites for hydroxylation is 2. The van der Waals surface area contributed by atoms with Crippen LogP contribution in [0.4, 0.5) is 5.82 Å². The Kier molecular flexibility index (Phi) is 3.84. The Labute approximate surface area is 115 Å². The third kappa shape index (κ3) is 2.60. The summed E-state index contributed by atoms with van der Waals surface area (Å²) in [6.07, 6.45) is 1.63. The average molecular weight is 255 g/mol. The second kappa shape index (κ2) is 5.39. The third-order valence-corrected chi connectivity index (χ3v) is 3.35. The Hall–Kier alpha value is -1.90. The number of hydrogen-bond donors (Lipinski definition) is 1. The van der Waals surface area contributed by atoms with Gasteiger partial charge in [-0.05, 0) is 31.4 Å². The van der Waals surface area contributed by atoms with Crippen LogP contribution in [0, 0.1) is 13.8 Å². The molecule has 1 N–H and O–H groups in total. The number of hydrogen-bond acceptors (Lipinski definition) is 3. The highest BCUT2D eigenvalue weighted by Gasteiger charge is 2.16. The van der Waals surface area contributed by atoms with E-state index in [2.05, 4.69) is 61.2 Å². The fourth-order valence-corrected chi connectivity index (χ4v) is 2.35. The molecule has 3 heteroatoms. The molecule has 0 fully saturated rings. The van der Waals surface area contributed by atoms with Gasteiger partial charge in [-0.15, -0.1) is 0 Å². The normalized spacial score (nSPS) is 10.8. The van der Waals surface area contributed by atoms with Crippen LogP contribution in [-0.4, -0.2) is 17.0 Å². The number of aromatic nitrogens is 2. The van der Waals surface area contributed by atoms with E-state index in [4.69, 9.17) is 0 Å². The zero-order valence-corrected chi connectivity index (χ0v) is 12.3. The quantitative estimate of drug-likeness (QED) is 0.903. The van der Waals surface area contributed by atoms with Crippen LogP contribution in [0.15, 0.2) is 24.5 Å². The van der Waals surface area contributed by atoms with Gasteiger partial charge in [0, 0.05) is 18.2 Å². The first kappa shape index (κ1) is 13.5. The summed E-state index contributed by atoms with van der Waals surface area (Å²) in [4.78, 5) is 8.86. The topological polar surface area (TPSA) is 37.8 Å². The van der Waals surface area contributed by atoms with E-state index in [1.54, 1.807) is 6.33 Å². The molecule has 0 aliphatic rings. The molecule has 0 aliphatic carbocycles. The van der Waals surface area contributed by atoms with E-state index in [1.165, 1.54) is 22.3 Å². The van der Waals surface area contributed by atoms with Gasteiger partial charge >= 0.3 is 0 Å². The first-order valence-electron chi connectivity index (χ1n) is 6.65. The van der Waals surface area contributed by atoms with E-state index in [0.717, 1.165) is 11.5 Å². The zero-order chi connectivity index (χ0) is 14.0. The maximum Gasteiger partial charge on any atom is 0.133 e. The molecule has 0 atom stereocenters. The van der Waals surface area contributed by atoms with Crippen molar-refractivity contribution in [1.29, 1.82) is 0 Å². The lowest BCUT2D eigenvalue weighted by atomic mass is 9.94. The van der Waals surface area contributed by atoms with Crippen molar-refractivity contribution in [1.82, 2.24) is 9.97 Å². The number of benzene rings is 1. The third-order valence-electron chi connectivity index (χ3n) is 3.35. The molecule has 19 heavy (non-hydrogen) atoms. The minimum Gasteiger partial charge on any atom is -0.373 e. The highest BCUT2D eigenvalue weighted by Crippen LogP contribution is 2.33. The number of nitrogens with one attached hydrogen (secondary N) is 1. The highest BCUT2D eigenvalue weighted by atomic mass is 15.0. The minimum atomic E-state index is 0.374. The Morgan fingerprint density at radius 3 is 2.47 bits per heavy atom. The van der Waals surface area contributed by atoms with Crippen molar-refractivity contribution in [3.63, 3.8) is 0 Å². The molecule has 0 spiro atoms. The van der Waals surface area contributed by atoms with Crippen LogP contribution in [0.3, 0.4) is 0 Å². The second-order valence-electron chi connectivity index (χ2n) is 5.21. The van der Waals surface area contributed by atoms with Gasteiger partial charge in [0.2, 0.25) is 0 Å². The van der Waals surface area contributed by atoms with Crippen molar-refractivity contribution in [3.05, 3.63) is 41.2 Å². The molecule has 0 amide bonds. The lowest BCUT2D eigenvalue weighted by molar-refractivity contribution is 0.851. The molecule has 1 aromatic carbocycles. The number of rotatable bonds is 3. The summed E-state index contributed by atoms with van der Waals surface area (Å²) in [7, 11) is 1.90. The predicted octanol–water partition coefficient (Wildman–Crippen LogP) is 3.93. The van der Waals surface area contributed by atoms with E-state index in [0.29, 0.717) is 5.92 Å². The summed E-state index contributed by atoms with van der Waals surface area (Å²) in [5.74, 6) is 1.29. The molecule has 0 saturated carbocycles. The van der Waals surface area contributed by atoms with Crippen LogP contribution in [0.1, 0.15) is 36.5 Å². The summed E-state index contributed by atoms with van der Waals surface area (Å²) in [6.45, 7) is 8.58. The lowest BCUT2D eigenvalue weighted by Gasteiger charge is -2.17. The van der Waals surface area contributed by atoms with Crippen LogP contribution in [0.25, 0.3) is 11.3 Å². The molecule has 0 saturated heterocycles. The zero-order valence-electron chi connectivity index (χ0n) is 12.3. The van der Waals surface area contributed by atoms with Crippen molar-refractivity contribution in [2.24, 2.45) is 0 Å². The molecule has 1 aromatic heterocycles. The van der Waals surface area contributed by atoms with Crippen LogP contribution in [0.2, 0.25) is 0 Å². The summed E-state index contributed by atoms with van der Waals surface area (Å²) in [5.41, 5.74) is 5.91. The molecule has 1 heterocycles. The predicted molar refractivity (Wildman–Crippen MR) is 80.6 cm³/mol. The summed E-state index contributed by atoms with van der Waals surface area (Å²) in [6, 6.07) is 6.48. The molecule has 0 bridgehead atoms. The van der Waals surface area contributed by atoms with E-state index in [9.17, 15) is 0 Å². The van der Waals surface area contributed by atoms with Gasteiger partial charge in [0.1, 0.15) is 12.1 Å². The molecule has 0 radical (unpaired) electrons. The Morgan fingerprint density at radius 1 is 1.11 bits per heavy atom. The molecule has 0 aliphatic heterocycles. The molecular weight excluding hydrogens is 234 g/mol. The van der Waals surface area contributed by atoms with E-state index >= 15 is 0 Å². The minimum absolute atomic E-state index is 0.374. The van der Waals surface area contributed by atoms with Gasteiger partial charge in [-0.1, -0.05) is 31.5 Å². The van der Waals surface area contributed by atoms with Gasteiger partial charge in [-0.2, -0.15) is 0 Å². The first-order valence-corrected chi connectivity index (χ1v) is 6.65. The average Bonchev–Trinajstić information content (AvgIpc) is 2.40. The fraction of sp³-hybridized carbons (Fsp3) is 0.375. The second-order valence-corrected chi connectivity index (χ2v) is 5.21. The molecular formula is C16H21N3. The molecule has 3 nitrogen and oxygen atoms in total. The van der Waals surface area contributed by atoms with E-state index in [1.807, 2.05) is 7.05 Å². The number of nitrogens with zero attached hydrogens (tertiary/aromatic N) is 2. The fourth-order valence-electron chi connectivity index (χ4n) is 2.35. The lowest BCUT2D eigenvalue weighted by Crippen LogP contribution is -2.05. The maximum absolute atomic E-state index is 4.53. The largest absolute Gasteiger partial charge is 0.373 e. The van der Waals surface area contributed by atoms with Gasteiger partial charge < -0.3 is 5.32 Å². The number of anilines is 1. The van der Waals surface area contributed by atoms with Crippen LogP contribution in [0.5, 0.6) is 0 Å². The van der Waals surface area contributed by atoms with E-state index < -0.39 is 0 Å². The van der Waals surface area contributed by atoms with Crippen molar-refractivity contribution < 1.29 is 0 Å². The standard InChI is InChI=1S/C16H21N3/c1-10(2)14-15(18-9-19-16(14)17-5)13-8-11(3)6-7-12(13)4/h6-10H,1-5H3,(H,17,18,19). The van der Waals surface area contributed by atoms with Crippen LogP contribution < -0.4 is 5.32 Å². The first-order chi connectivity index (χ1) is 9.04. The molecule has 0 unspecified atom stereocenters. The SMILES string of the molecule is CNc1ncnc(-c2cc(C)ccc2C)c1C(C)C. The van der Waals surface area contributed by atoms with Crippen LogP contribution >= 0.6 is 0 Å². The summed E-state index contributed by atoms with van der Waals surface area (Å²) < 4.78 is 0. The highest BCUT2D eigenvalue weighted by molar-refractivity contribution is 5.72. The van der Waals surface area contributed by atoms with Gasteiger partial charge in [0.25, 0.3) is 0 Å². The van der Waals surface area contributed by atoms with Gasteiger partial charge in [-0.25, -0.2) is 9.97 Å². The van der Waals surface area contributed by atoms with Gasteiger partial charge in [0.05, 0.1) is 5.69 Å². The summed E-state index contributed by atoms with van der Waals surface area (Å²) >= 11 is 0. The maximum atomic E-state index is 4.53. The van der Waals surface area contributed by atoms with Crippen molar-refractivity contribution in [3.8, 4) is 11.3 Å². The molecule has 100 valence electrons. The summed E-state index contributed by atoms with van der Waals surface area (Å²) in [5, 5.41) is 3.17. The monoisotopic (exact) mass is 255 g/mol. The van der Waals surface area contributed by atoms with Crippen molar-refractivity contribution in [2.45, 2.75) is 33.6 Å². The van der Waals surface area contributed by atoms with Gasteiger partial charge in [0.15, 0.2) is 0 Å². The van der Waals surface area contributed by atoms with Gasteiger partial charge in [-0.3, -0.25) is 0 Å². The van der Waals surface area contributed by atoms with E-state index in [-0.39, 0.29) is 0 Å². The molecule has 2 rings (SSSR count). The Morgan fingerprint density at radius 2 is 1.84 bits per heavy atom. The Balaban J connectivity index is 2.71. The molecule has 2 aromatic rings.